The third kappa shape index (κ3) is 6.78. The van der Waals surface area contributed by atoms with Crippen LogP contribution in [0.2, 0.25) is 0 Å². The summed E-state index contributed by atoms with van der Waals surface area (Å²) >= 11 is 0. The number of hydrogen-bond donors (Lipinski definition) is 4. The molecule has 0 aliphatic heterocycles. The molecule has 4 rings (SSSR count). The molecule has 0 aliphatic carbocycles. The number of carboxylic acid groups (broad SMARTS) is 1. The Hall–Kier alpha value is -3.71. The zero-order valence-electron chi connectivity index (χ0n) is 22.0. The first-order chi connectivity index (χ1) is 18.1. The van der Waals surface area contributed by atoms with Gasteiger partial charge in [-0.1, -0.05) is 72.8 Å². The van der Waals surface area contributed by atoms with Gasteiger partial charge in [0.2, 0.25) is 0 Å². The highest BCUT2D eigenvalue weighted by Crippen LogP contribution is 2.33. The van der Waals surface area contributed by atoms with Crippen LogP contribution < -0.4 is 5.32 Å². The minimum atomic E-state index is -1.18. The fourth-order valence-corrected chi connectivity index (χ4v) is 4.71. The second-order valence-corrected chi connectivity index (χ2v) is 10.4. The second-order valence-electron chi connectivity index (χ2n) is 10.4. The van der Waals surface area contributed by atoms with E-state index in [9.17, 15) is 20.1 Å². The van der Waals surface area contributed by atoms with Crippen LogP contribution in [0, 0.1) is 0 Å². The third-order valence-corrected chi connectivity index (χ3v) is 6.75. The minimum Gasteiger partial charge on any atom is -0.507 e. The van der Waals surface area contributed by atoms with Gasteiger partial charge in [-0.15, -0.1) is 0 Å². The summed E-state index contributed by atoms with van der Waals surface area (Å²) in [7, 11) is 0. The van der Waals surface area contributed by atoms with Crippen molar-refractivity contribution < 1.29 is 24.9 Å². The Morgan fingerprint density at radius 3 is 2.39 bits per heavy atom. The van der Waals surface area contributed by atoms with Gasteiger partial charge in [0, 0.05) is 12.1 Å². The number of aliphatic hydroxyl groups excluding tert-OH is 1. The van der Waals surface area contributed by atoms with Crippen LogP contribution in [0.5, 0.6) is 5.75 Å². The number of ether oxygens (including phenoxy) is 1. The van der Waals surface area contributed by atoms with E-state index in [1.165, 1.54) is 28.5 Å². The molecule has 2 atom stereocenters. The maximum Gasteiger partial charge on any atom is 0.339 e. The Bertz CT molecular complexity index is 1410. The maximum absolute atomic E-state index is 11.2. The lowest BCUT2D eigenvalue weighted by Crippen LogP contribution is -2.46. The summed E-state index contributed by atoms with van der Waals surface area (Å²) in [6.07, 6.45) is -0.199. The Morgan fingerprint density at radius 1 is 0.947 bits per heavy atom. The molecular formula is C32H35NO5. The molecule has 38 heavy (non-hydrogen) atoms. The van der Waals surface area contributed by atoms with Gasteiger partial charge >= 0.3 is 5.97 Å². The number of aliphatic hydroxyl groups is 1. The molecule has 6 heteroatoms. The molecule has 4 N–H and O–H groups in total. The molecule has 0 radical (unpaired) electrons. The summed E-state index contributed by atoms with van der Waals surface area (Å²) in [5.41, 5.74) is 3.28. The fourth-order valence-electron chi connectivity index (χ4n) is 4.71. The summed E-state index contributed by atoms with van der Waals surface area (Å²) in [6, 6.07) is 26.9. The number of carbonyl (C=O) groups is 1. The standard InChI is InChI=1S/C32H35NO5/c1-21(27-10-6-7-11-28(27)25-14-15-29(31(36)37)30(35)17-25)38-20-26(34)19-33-32(2,3)18-22-12-13-23-8-4-5-9-24(23)16-22/h4-17,21,26,33-35H,18-20H2,1-3H3,(H,36,37)/t21?,26-/m0/s1. The molecule has 0 aromatic heterocycles. The number of hydrogen-bond acceptors (Lipinski definition) is 5. The normalized spacial score (nSPS) is 13.4. The predicted octanol–water partition coefficient (Wildman–Crippen LogP) is 5.96. The van der Waals surface area contributed by atoms with Gasteiger partial charge in [0.25, 0.3) is 0 Å². The van der Waals surface area contributed by atoms with Crippen molar-refractivity contribution in [2.75, 3.05) is 13.2 Å². The van der Waals surface area contributed by atoms with E-state index >= 15 is 0 Å². The number of benzene rings is 4. The summed E-state index contributed by atoms with van der Waals surface area (Å²) in [4.78, 5) is 11.2. The molecule has 198 valence electrons. The van der Waals surface area contributed by atoms with Crippen LogP contribution in [0.4, 0.5) is 0 Å². The SMILES string of the molecule is CC(OC[C@@H](O)CNC(C)(C)Cc1ccc2ccccc2c1)c1ccccc1-c1ccc(C(=O)O)c(O)c1. The number of fused-ring (bicyclic) bond motifs is 1. The molecule has 0 spiro atoms. The summed E-state index contributed by atoms with van der Waals surface area (Å²) in [5, 5.41) is 35.9. The molecule has 4 aromatic rings. The van der Waals surface area contributed by atoms with Crippen molar-refractivity contribution in [2.45, 2.75) is 44.9 Å². The smallest absolute Gasteiger partial charge is 0.339 e. The van der Waals surface area contributed by atoms with Gasteiger partial charge in [-0.2, -0.15) is 0 Å². The number of aromatic hydroxyl groups is 1. The van der Waals surface area contributed by atoms with Crippen molar-refractivity contribution in [3.63, 3.8) is 0 Å². The zero-order chi connectivity index (χ0) is 27.3. The highest BCUT2D eigenvalue weighted by atomic mass is 16.5. The van der Waals surface area contributed by atoms with Crippen molar-refractivity contribution in [3.8, 4) is 16.9 Å². The van der Waals surface area contributed by atoms with E-state index in [0.29, 0.717) is 12.1 Å². The molecule has 0 bridgehead atoms. The lowest BCUT2D eigenvalue weighted by atomic mass is 9.93. The largest absolute Gasteiger partial charge is 0.507 e. The third-order valence-electron chi connectivity index (χ3n) is 6.75. The molecule has 0 saturated heterocycles. The first-order valence-electron chi connectivity index (χ1n) is 12.8. The van der Waals surface area contributed by atoms with Gasteiger partial charge in [0.05, 0.1) is 18.8 Å². The van der Waals surface area contributed by atoms with Crippen molar-refractivity contribution in [3.05, 3.63) is 102 Å². The number of β-amino-alcohol motifs (C(OH)–C–C–N with tert-alkyl or cyclic N) is 1. The lowest BCUT2D eigenvalue weighted by molar-refractivity contribution is -0.00397. The highest BCUT2D eigenvalue weighted by Gasteiger charge is 2.21. The Labute approximate surface area is 223 Å². The summed E-state index contributed by atoms with van der Waals surface area (Å²) in [5.74, 6) is -1.46. The van der Waals surface area contributed by atoms with Crippen molar-refractivity contribution in [2.24, 2.45) is 0 Å². The van der Waals surface area contributed by atoms with Gasteiger partial charge in [-0.05, 0) is 72.4 Å². The van der Waals surface area contributed by atoms with Crippen LogP contribution in [0.1, 0.15) is 48.4 Å². The van der Waals surface area contributed by atoms with Crippen molar-refractivity contribution in [1.29, 1.82) is 0 Å². The number of aromatic carboxylic acids is 1. The number of rotatable bonds is 11. The first-order valence-corrected chi connectivity index (χ1v) is 12.8. The lowest BCUT2D eigenvalue weighted by Gasteiger charge is -2.28. The molecule has 1 unspecified atom stereocenters. The number of phenols is 1. The minimum absolute atomic E-state index is 0.144. The van der Waals surface area contributed by atoms with E-state index in [1.807, 2.05) is 43.3 Å². The molecule has 0 fully saturated rings. The molecule has 0 heterocycles. The van der Waals surface area contributed by atoms with Crippen molar-refractivity contribution >= 4 is 16.7 Å². The predicted molar refractivity (Wildman–Crippen MR) is 151 cm³/mol. The average Bonchev–Trinajstić information content (AvgIpc) is 2.90. The topological polar surface area (TPSA) is 99.0 Å². The summed E-state index contributed by atoms with van der Waals surface area (Å²) < 4.78 is 6.03. The van der Waals surface area contributed by atoms with Gasteiger partial charge in [-0.25, -0.2) is 4.79 Å². The van der Waals surface area contributed by atoms with E-state index in [0.717, 1.165) is 17.5 Å². The van der Waals surface area contributed by atoms with Crippen LogP contribution in [-0.4, -0.2) is 46.1 Å². The molecule has 6 nitrogen and oxygen atoms in total. The van der Waals surface area contributed by atoms with Gasteiger partial charge in [-0.3, -0.25) is 0 Å². The zero-order valence-corrected chi connectivity index (χ0v) is 22.0. The van der Waals surface area contributed by atoms with Crippen molar-refractivity contribution in [1.82, 2.24) is 5.32 Å². The van der Waals surface area contributed by atoms with E-state index in [1.54, 1.807) is 6.07 Å². The van der Waals surface area contributed by atoms with Gasteiger partial charge in [0.15, 0.2) is 0 Å². The molecule has 0 aliphatic rings. The van der Waals surface area contributed by atoms with Crippen LogP contribution in [0.15, 0.2) is 84.9 Å². The van der Waals surface area contributed by atoms with Crippen LogP contribution in [0.3, 0.4) is 0 Å². The maximum atomic E-state index is 11.2. The molecular weight excluding hydrogens is 478 g/mol. The molecule has 0 amide bonds. The van der Waals surface area contributed by atoms with Gasteiger partial charge < -0.3 is 25.4 Å². The average molecular weight is 514 g/mol. The fraction of sp³-hybridized carbons (Fsp3) is 0.281. The second kappa shape index (κ2) is 11.8. The van der Waals surface area contributed by atoms with E-state index in [-0.39, 0.29) is 29.6 Å². The van der Waals surface area contributed by atoms with E-state index in [4.69, 9.17) is 4.74 Å². The Morgan fingerprint density at radius 2 is 1.66 bits per heavy atom. The Kier molecular flexibility index (Phi) is 8.47. The number of carboxylic acids is 1. The van der Waals surface area contributed by atoms with Gasteiger partial charge in [0.1, 0.15) is 11.3 Å². The van der Waals surface area contributed by atoms with Crippen LogP contribution in [0.25, 0.3) is 21.9 Å². The number of nitrogens with one attached hydrogen (secondary N) is 1. The molecule has 4 aromatic carbocycles. The van der Waals surface area contributed by atoms with Crippen LogP contribution >= 0.6 is 0 Å². The summed E-state index contributed by atoms with van der Waals surface area (Å²) in [6.45, 7) is 6.70. The van der Waals surface area contributed by atoms with E-state index in [2.05, 4.69) is 49.5 Å². The molecule has 0 saturated carbocycles. The Balaban J connectivity index is 1.34. The quantitative estimate of drug-likeness (QED) is 0.198. The monoisotopic (exact) mass is 513 g/mol. The van der Waals surface area contributed by atoms with Crippen LogP contribution in [-0.2, 0) is 11.2 Å². The van der Waals surface area contributed by atoms with E-state index < -0.39 is 12.1 Å². The first kappa shape index (κ1) is 27.3. The highest BCUT2D eigenvalue weighted by molar-refractivity contribution is 5.92.